The van der Waals surface area contributed by atoms with E-state index in [-0.39, 0.29) is 23.3 Å². The highest BCUT2D eigenvalue weighted by Gasteiger charge is 2.26. The molecular weight excluding hydrogens is 389 g/mol. The molecule has 0 spiro atoms. The van der Waals surface area contributed by atoms with Gasteiger partial charge in [0.25, 0.3) is 0 Å². The lowest BCUT2D eigenvalue weighted by Gasteiger charge is -2.33. The molecule has 2 N–H and O–H groups in total. The number of furan rings is 1. The molecule has 7 nitrogen and oxygen atoms in total. The maximum absolute atomic E-state index is 13.5. The second kappa shape index (κ2) is 9.18. The number of hydrogen-bond donors (Lipinski definition) is 2. The Morgan fingerprint density at radius 2 is 1.96 bits per heavy atom. The number of aryl methyl sites for hydroxylation is 1. The molecule has 28 heavy (non-hydrogen) atoms. The number of hydrogen-bond acceptors (Lipinski definition) is 5. The van der Waals surface area contributed by atoms with Crippen molar-refractivity contribution >= 4 is 29.1 Å². The number of halogens is 2. The minimum atomic E-state index is -0.891. The van der Waals surface area contributed by atoms with E-state index in [0.717, 1.165) is 11.8 Å². The Morgan fingerprint density at radius 3 is 2.61 bits per heavy atom. The summed E-state index contributed by atoms with van der Waals surface area (Å²) in [7, 11) is 0. The summed E-state index contributed by atoms with van der Waals surface area (Å²) in [6.45, 7) is 4.60. The van der Waals surface area contributed by atoms with Crippen LogP contribution >= 0.6 is 11.6 Å². The van der Waals surface area contributed by atoms with Gasteiger partial charge in [-0.25, -0.2) is 4.39 Å². The van der Waals surface area contributed by atoms with Gasteiger partial charge in [0.05, 0.1) is 24.3 Å². The highest BCUT2D eigenvalue weighted by atomic mass is 35.5. The van der Waals surface area contributed by atoms with E-state index < -0.39 is 17.6 Å². The van der Waals surface area contributed by atoms with Crippen LogP contribution in [0.3, 0.4) is 0 Å². The van der Waals surface area contributed by atoms with E-state index in [4.69, 9.17) is 20.8 Å². The number of carbonyl (C=O) groups is 2. The van der Waals surface area contributed by atoms with Crippen molar-refractivity contribution in [1.82, 2.24) is 10.2 Å². The molecule has 2 amide bonds. The Kier molecular flexibility index (Phi) is 6.66. The molecule has 9 heteroatoms. The minimum Gasteiger partial charge on any atom is -0.465 e. The largest absolute Gasteiger partial charge is 0.465 e. The first-order valence-electron chi connectivity index (χ1n) is 8.86. The van der Waals surface area contributed by atoms with Crippen LogP contribution in [0.5, 0.6) is 0 Å². The van der Waals surface area contributed by atoms with E-state index in [1.807, 2.05) is 19.1 Å². The van der Waals surface area contributed by atoms with Crippen LogP contribution in [0.15, 0.2) is 34.7 Å². The average Bonchev–Trinajstić information content (AvgIpc) is 3.11. The number of nitrogens with zero attached hydrogens (tertiary/aromatic N) is 1. The van der Waals surface area contributed by atoms with Gasteiger partial charge in [-0.2, -0.15) is 0 Å². The normalized spacial score (nSPS) is 15.8. The number of anilines is 1. The van der Waals surface area contributed by atoms with Gasteiger partial charge in [-0.05, 0) is 37.3 Å². The fourth-order valence-electron chi connectivity index (χ4n) is 2.96. The predicted octanol–water partition coefficient (Wildman–Crippen LogP) is 2.51. The van der Waals surface area contributed by atoms with Crippen molar-refractivity contribution in [3.8, 4) is 0 Å². The summed E-state index contributed by atoms with van der Waals surface area (Å²) >= 11 is 5.61. The van der Waals surface area contributed by atoms with Crippen molar-refractivity contribution in [3.05, 3.63) is 52.7 Å². The molecule has 1 saturated heterocycles. The van der Waals surface area contributed by atoms with E-state index in [1.165, 1.54) is 12.1 Å². The maximum Gasteiger partial charge on any atom is 0.313 e. The molecule has 0 bridgehead atoms. The van der Waals surface area contributed by atoms with Gasteiger partial charge in [-0.15, -0.1) is 0 Å². The molecule has 2 aromatic rings. The predicted molar refractivity (Wildman–Crippen MR) is 102 cm³/mol. The average molecular weight is 410 g/mol. The van der Waals surface area contributed by atoms with Gasteiger partial charge >= 0.3 is 11.8 Å². The molecular formula is C19H21ClFN3O4. The Bertz CT molecular complexity index is 851. The number of ether oxygens (including phenoxy) is 1. The third kappa shape index (κ3) is 5.09. The molecule has 150 valence electrons. The first kappa shape index (κ1) is 20.3. The molecule has 1 fully saturated rings. The lowest BCUT2D eigenvalue weighted by molar-refractivity contribution is -0.136. The van der Waals surface area contributed by atoms with Crippen LogP contribution in [-0.4, -0.2) is 49.6 Å². The smallest absolute Gasteiger partial charge is 0.313 e. The molecule has 0 unspecified atom stereocenters. The summed E-state index contributed by atoms with van der Waals surface area (Å²) in [5, 5.41) is 4.91. The zero-order chi connectivity index (χ0) is 20.1. The molecule has 3 rings (SSSR count). The van der Waals surface area contributed by atoms with Crippen LogP contribution in [-0.2, 0) is 14.3 Å². The van der Waals surface area contributed by atoms with E-state index in [0.29, 0.717) is 32.1 Å². The standard InChI is InChI=1S/C19H21ClFN3O4/c1-12-2-5-17(28-12)16(24-6-8-27-9-7-24)11-22-18(25)19(26)23-13-3-4-14(20)15(21)10-13/h2-5,10,16H,6-9,11H2,1H3,(H,22,25)(H,23,26)/t16-/m0/s1. The van der Waals surface area contributed by atoms with Crippen LogP contribution in [0.25, 0.3) is 0 Å². The monoisotopic (exact) mass is 409 g/mol. The van der Waals surface area contributed by atoms with Gasteiger partial charge in [0.15, 0.2) is 0 Å². The Balaban J connectivity index is 1.62. The Labute approximate surface area is 166 Å². The van der Waals surface area contributed by atoms with Crippen molar-refractivity contribution < 1.29 is 23.1 Å². The number of nitrogens with one attached hydrogen (secondary N) is 2. The quantitative estimate of drug-likeness (QED) is 0.741. The zero-order valence-electron chi connectivity index (χ0n) is 15.3. The van der Waals surface area contributed by atoms with Crippen LogP contribution in [0.4, 0.5) is 10.1 Å². The Hall–Kier alpha value is -2.42. The van der Waals surface area contributed by atoms with Gasteiger partial charge in [-0.1, -0.05) is 11.6 Å². The zero-order valence-corrected chi connectivity index (χ0v) is 16.1. The SMILES string of the molecule is Cc1ccc([C@H](CNC(=O)C(=O)Nc2ccc(Cl)c(F)c2)N2CCOCC2)o1. The molecule has 0 aliphatic carbocycles. The topological polar surface area (TPSA) is 83.8 Å². The second-order valence-electron chi connectivity index (χ2n) is 6.41. The summed E-state index contributed by atoms with van der Waals surface area (Å²) < 4.78 is 24.6. The van der Waals surface area contributed by atoms with Crippen molar-refractivity contribution in [2.45, 2.75) is 13.0 Å². The molecule has 1 atom stereocenters. The molecule has 1 aliphatic rings. The van der Waals surface area contributed by atoms with E-state index in [2.05, 4.69) is 15.5 Å². The molecule has 0 radical (unpaired) electrons. The number of amides is 2. The van der Waals surface area contributed by atoms with E-state index >= 15 is 0 Å². The van der Waals surface area contributed by atoms with E-state index in [9.17, 15) is 14.0 Å². The first-order valence-corrected chi connectivity index (χ1v) is 9.24. The fourth-order valence-corrected chi connectivity index (χ4v) is 3.08. The van der Waals surface area contributed by atoms with Crippen LogP contribution in [0, 0.1) is 12.7 Å². The molecule has 1 aromatic carbocycles. The van der Waals surface area contributed by atoms with E-state index in [1.54, 1.807) is 0 Å². The van der Waals surface area contributed by atoms with Crippen molar-refractivity contribution in [3.63, 3.8) is 0 Å². The van der Waals surface area contributed by atoms with Crippen LogP contribution in [0.1, 0.15) is 17.6 Å². The molecule has 1 aliphatic heterocycles. The number of benzene rings is 1. The van der Waals surface area contributed by atoms with Crippen molar-refractivity contribution in [2.75, 3.05) is 38.2 Å². The summed E-state index contributed by atoms with van der Waals surface area (Å²) in [5.41, 5.74) is 0.147. The summed E-state index contributed by atoms with van der Waals surface area (Å²) in [6.07, 6.45) is 0. The second-order valence-corrected chi connectivity index (χ2v) is 6.81. The van der Waals surface area contributed by atoms with Gasteiger partial charge in [-0.3, -0.25) is 14.5 Å². The molecule has 1 aromatic heterocycles. The lowest BCUT2D eigenvalue weighted by atomic mass is 10.1. The fraction of sp³-hybridized carbons (Fsp3) is 0.368. The third-order valence-electron chi connectivity index (χ3n) is 4.42. The summed E-state index contributed by atoms with van der Waals surface area (Å²) in [6, 6.07) is 7.26. The van der Waals surface area contributed by atoms with Crippen LogP contribution in [0.2, 0.25) is 5.02 Å². The van der Waals surface area contributed by atoms with Gasteiger partial charge in [0.1, 0.15) is 17.3 Å². The first-order chi connectivity index (χ1) is 13.4. The number of carbonyl (C=O) groups excluding carboxylic acids is 2. The highest BCUT2D eigenvalue weighted by Crippen LogP contribution is 2.23. The molecule has 2 heterocycles. The van der Waals surface area contributed by atoms with Crippen molar-refractivity contribution in [1.29, 1.82) is 0 Å². The third-order valence-corrected chi connectivity index (χ3v) is 4.72. The Morgan fingerprint density at radius 1 is 1.21 bits per heavy atom. The lowest BCUT2D eigenvalue weighted by Crippen LogP contribution is -2.45. The highest BCUT2D eigenvalue weighted by molar-refractivity contribution is 6.39. The van der Waals surface area contributed by atoms with Gasteiger partial charge in [0.2, 0.25) is 0 Å². The van der Waals surface area contributed by atoms with Crippen LogP contribution < -0.4 is 10.6 Å². The summed E-state index contributed by atoms with van der Waals surface area (Å²) in [4.78, 5) is 26.4. The number of morpholine rings is 1. The van der Waals surface area contributed by atoms with Gasteiger partial charge < -0.3 is 19.8 Å². The number of rotatable bonds is 5. The maximum atomic E-state index is 13.5. The minimum absolute atomic E-state index is 0.0652. The van der Waals surface area contributed by atoms with Gasteiger partial charge in [0, 0.05) is 25.3 Å². The molecule has 0 saturated carbocycles. The summed E-state index contributed by atoms with van der Waals surface area (Å²) in [5.74, 6) is -0.919. The van der Waals surface area contributed by atoms with Crippen molar-refractivity contribution in [2.24, 2.45) is 0 Å².